The number of hydrogen-bond donors (Lipinski definition) is 2. The zero-order chi connectivity index (χ0) is 21.9. The second-order valence-electron chi connectivity index (χ2n) is 7.21. The normalized spacial score (nSPS) is 14.4. The Bertz CT molecular complexity index is 973. The molecule has 0 radical (unpaired) electrons. The summed E-state index contributed by atoms with van der Waals surface area (Å²) in [5.41, 5.74) is 5.47. The highest BCUT2D eigenvalue weighted by Crippen LogP contribution is 2.34. The number of primary amides is 1. The first-order valence-electron chi connectivity index (χ1n) is 9.68. The molecule has 30 heavy (non-hydrogen) atoms. The van der Waals surface area contributed by atoms with E-state index in [1.165, 1.54) is 24.0 Å². The fraction of sp³-hybridized carbons (Fsp3) is 0.318. The van der Waals surface area contributed by atoms with Crippen LogP contribution in [0.4, 0.5) is 11.4 Å². The number of nitrogens with zero attached hydrogens (tertiary/aromatic N) is 1. The topological polar surface area (TPSA) is 111 Å². The first-order valence-corrected chi connectivity index (χ1v) is 9.68. The van der Waals surface area contributed by atoms with Gasteiger partial charge in [0.15, 0.2) is 11.5 Å². The van der Waals surface area contributed by atoms with Crippen molar-refractivity contribution in [2.24, 2.45) is 5.73 Å². The van der Waals surface area contributed by atoms with E-state index in [9.17, 15) is 14.4 Å². The highest BCUT2D eigenvalue weighted by atomic mass is 16.6. The molecule has 8 nitrogen and oxygen atoms in total. The van der Waals surface area contributed by atoms with E-state index < -0.39 is 11.4 Å². The monoisotopic (exact) mass is 411 g/mol. The van der Waals surface area contributed by atoms with Crippen molar-refractivity contribution >= 4 is 29.1 Å². The Balaban J connectivity index is 1.89. The Morgan fingerprint density at radius 3 is 2.27 bits per heavy atom. The molecule has 3 amide bonds. The molecule has 0 aromatic heterocycles. The van der Waals surface area contributed by atoms with E-state index >= 15 is 0 Å². The molecule has 0 unspecified atom stereocenters. The summed E-state index contributed by atoms with van der Waals surface area (Å²) in [5.74, 6) is -0.0370. The van der Waals surface area contributed by atoms with Gasteiger partial charge >= 0.3 is 0 Å². The molecule has 3 rings (SSSR count). The number of fused-ring (bicyclic) bond motifs is 1. The van der Waals surface area contributed by atoms with Crippen LogP contribution < -0.4 is 25.4 Å². The molecule has 1 aliphatic heterocycles. The van der Waals surface area contributed by atoms with E-state index in [0.29, 0.717) is 48.1 Å². The maximum absolute atomic E-state index is 13.3. The molecule has 0 saturated carbocycles. The molecule has 158 valence electrons. The standard InChI is InChI=1S/C22H25N3O5/c1-4-22(3,25(14(2)26)17-8-5-15(6-9-17)20(23)27)21(28)24-16-7-10-18-19(13-16)30-12-11-29-18/h5-10,13H,4,11-12H2,1-3H3,(H2,23,27)(H,24,28)/t22-/m0/s1. The minimum atomic E-state index is -1.17. The highest BCUT2D eigenvalue weighted by Gasteiger charge is 2.40. The van der Waals surface area contributed by atoms with Crippen molar-refractivity contribution in [2.45, 2.75) is 32.7 Å². The van der Waals surface area contributed by atoms with Crippen LogP contribution in [0.15, 0.2) is 42.5 Å². The number of carbonyl (C=O) groups is 3. The SMILES string of the molecule is CC[C@@](C)(C(=O)Nc1ccc2c(c1)OCCO2)N(C(C)=O)c1ccc(C(N)=O)cc1. The van der Waals surface area contributed by atoms with Crippen LogP contribution in [0, 0.1) is 0 Å². The summed E-state index contributed by atoms with van der Waals surface area (Å²) in [4.78, 5) is 38.6. The van der Waals surface area contributed by atoms with Crippen LogP contribution in [0.25, 0.3) is 0 Å². The number of amides is 3. The average Bonchev–Trinajstić information content (AvgIpc) is 2.73. The molecule has 8 heteroatoms. The van der Waals surface area contributed by atoms with E-state index in [1.54, 1.807) is 37.3 Å². The van der Waals surface area contributed by atoms with Crippen LogP contribution in [-0.4, -0.2) is 36.5 Å². The van der Waals surface area contributed by atoms with Crippen LogP contribution in [0.5, 0.6) is 11.5 Å². The summed E-state index contributed by atoms with van der Waals surface area (Å²) >= 11 is 0. The third-order valence-corrected chi connectivity index (χ3v) is 5.20. The van der Waals surface area contributed by atoms with Crippen LogP contribution >= 0.6 is 0 Å². The zero-order valence-corrected chi connectivity index (χ0v) is 17.2. The lowest BCUT2D eigenvalue weighted by atomic mass is 9.93. The largest absolute Gasteiger partial charge is 0.486 e. The van der Waals surface area contributed by atoms with Crippen molar-refractivity contribution < 1.29 is 23.9 Å². The molecule has 1 heterocycles. The Hall–Kier alpha value is -3.55. The van der Waals surface area contributed by atoms with Gasteiger partial charge in [0.05, 0.1) is 0 Å². The van der Waals surface area contributed by atoms with Gasteiger partial charge < -0.3 is 20.5 Å². The van der Waals surface area contributed by atoms with Crippen LogP contribution in [0.2, 0.25) is 0 Å². The third-order valence-electron chi connectivity index (χ3n) is 5.20. The van der Waals surface area contributed by atoms with Crippen molar-refractivity contribution in [3.8, 4) is 11.5 Å². The third kappa shape index (κ3) is 4.07. The molecular formula is C22H25N3O5. The molecule has 1 atom stereocenters. The number of rotatable bonds is 6. The summed E-state index contributed by atoms with van der Waals surface area (Å²) in [6.45, 7) is 5.85. The zero-order valence-electron chi connectivity index (χ0n) is 17.2. The molecule has 2 aromatic carbocycles. The van der Waals surface area contributed by atoms with Crippen molar-refractivity contribution in [2.75, 3.05) is 23.4 Å². The molecule has 0 aliphatic carbocycles. The predicted octanol–water partition coefficient (Wildman–Crippen LogP) is 2.72. The van der Waals surface area contributed by atoms with Gasteiger partial charge in [0, 0.05) is 29.9 Å². The molecular weight excluding hydrogens is 386 g/mol. The van der Waals surface area contributed by atoms with E-state index in [2.05, 4.69) is 5.32 Å². The summed E-state index contributed by atoms with van der Waals surface area (Å²) < 4.78 is 11.1. The summed E-state index contributed by atoms with van der Waals surface area (Å²) in [5, 5.41) is 2.88. The maximum atomic E-state index is 13.3. The van der Waals surface area contributed by atoms with Gasteiger partial charge in [-0.2, -0.15) is 0 Å². The molecule has 0 saturated heterocycles. The number of nitrogens with two attached hydrogens (primary N) is 1. The Labute approximate surface area is 174 Å². The Morgan fingerprint density at radius 1 is 1.07 bits per heavy atom. The molecule has 2 aromatic rings. The summed E-state index contributed by atoms with van der Waals surface area (Å²) in [6.07, 6.45) is 0.362. The van der Waals surface area contributed by atoms with Gasteiger partial charge in [-0.05, 0) is 49.7 Å². The van der Waals surface area contributed by atoms with Crippen molar-refractivity contribution in [1.82, 2.24) is 0 Å². The number of anilines is 2. The van der Waals surface area contributed by atoms with Gasteiger partial charge in [0.2, 0.25) is 17.7 Å². The van der Waals surface area contributed by atoms with Gasteiger partial charge in [0.1, 0.15) is 18.8 Å². The molecule has 3 N–H and O–H groups in total. The number of benzene rings is 2. The van der Waals surface area contributed by atoms with E-state index in [0.717, 1.165) is 0 Å². The second-order valence-corrected chi connectivity index (χ2v) is 7.21. The minimum Gasteiger partial charge on any atom is -0.486 e. The summed E-state index contributed by atoms with van der Waals surface area (Å²) in [7, 11) is 0. The smallest absolute Gasteiger partial charge is 0.250 e. The minimum absolute atomic E-state index is 0.302. The lowest BCUT2D eigenvalue weighted by Crippen LogP contribution is -2.56. The molecule has 0 bridgehead atoms. The first kappa shape index (κ1) is 21.2. The highest BCUT2D eigenvalue weighted by molar-refractivity contribution is 6.07. The van der Waals surface area contributed by atoms with Gasteiger partial charge in [0.25, 0.3) is 0 Å². The van der Waals surface area contributed by atoms with Crippen LogP contribution in [0.3, 0.4) is 0 Å². The number of carbonyl (C=O) groups excluding carboxylic acids is 3. The maximum Gasteiger partial charge on any atom is 0.250 e. The molecule has 0 spiro atoms. The van der Waals surface area contributed by atoms with Crippen LogP contribution in [0.1, 0.15) is 37.6 Å². The molecule has 1 aliphatic rings. The average molecular weight is 411 g/mol. The van der Waals surface area contributed by atoms with Crippen LogP contribution in [-0.2, 0) is 9.59 Å². The van der Waals surface area contributed by atoms with Gasteiger partial charge in [-0.1, -0.05) is 6.92 Å². The first-order chi connectivity index (χ1) is 14.3. The lowest BCUT2D eigenvalue weighted by Gasteiger charge is -2.39. The van der Waals surface area contributed by atoms with Gasteiger partial charge in [-0.25, -0.2) is 0 Å². The van der Waals surface area contributed by atoms with Crippen molar-refractivity contribution in [3.63, 3.8) is 0 Å². The molecule has 0 fully saturated rings. The second kappa shape index (κ2) is 8.44. The fourth-order valence-electron chi connectivity index (χ4n) is 3.40. The Kier molecular flexibility index (Phi) is 5.96. The van der Waals surface area contributed by atoms with Gasteiger partial charge in [-0.3, -0.25) is 19.3 Å². The lowest BCUT2D eigenvalue weighted by molar-refractivity contribution is -0.125. The number of ether oxygens (including phenoxy) is 2. The number of hydrogen-bond acceptors (Lipinski definition) is 5. The predicted molar refractivity (Wildman–Crippen MR) is 113 cm³/mol. The van der Waals surface area contributed by atoms with E-state index in [4.69, 9.17) is 15.2 Å². The number of nitrogens with one attached hydrogen (secondary N) is 1. The fourth-order valence-corrected chi connectivity index (χ4v) is 3.40. The quantitative estimate of drug-likeness (QED) is 0.759. The van der Waals surface area contributed by atoms with E-state index in [-0.39, 0.29) is 11.8 Å². The van der Waals surface area contributed by atoms with E-state index in [1.807, 2.05) is 6.92 Å². The van der Waals surface area contributed by atoms with Gasteiger partial charge in [-0.15, -0.1) is 0 Å². The summed E-state index contributed by atoms with van der Waals surface area (Å²) in [6, 6.07) is 11.4. The van der Waals surface area contributed by atoms with Crippen molar-refractivity contribution in [1.29, 1.82) is 0 Å². The van der Waals surface area contributed by atoms with Crippen molar-refractivity contribution in [3.05, 3.63) is 48.0 Å². The Morgan fingerprint density at radius 2 is 1.70 bits per heavy atom.